The number of nitrogens with zero attached hydrogens (tertiary/aromatic N) is 3. The molecular weight excluding hydrogens is 420 g/mol. The van der Waals surface area contributed by atoms with Crippen molar-refractivity contribution in [3.05, 3.63) is 41.9 Å². The number of fused-ring (bicyclic) bond motifs is 2. The molecule has 3 aromatic rings. The Balaban J connectivity index is 1.39. The minimum atomic E-state index is -0.400. The van der Waals surface area contributed by atoms with Crippen LogP contribution < -0.4 is 20.1 Å². The van der Waals surface area contributed by atoms with Gasteiger partial charge in [0.25, 0.3) is 5.91 Å². The van der Waals surface area contributed by atoms with Crippen LogP contribution in [0.2, 0.25) is 0 Å². The summed E-state index contributed by atoms with van der Waals surface area (Å²) < 4.78 is 11.4. The molecule has 2 aliphatic rings. The molecule has 9 heteroatoms. The van der Waals surface area contributed by atoms with Crippen molar-refractivity contribution in [2.45, 2.75) is 32.7 Å². The Morgan fingerprint density at radius 2 is 2.00 bits per heavy atom. The molecule has 1 amide bonds. The third kappa shape index (κ3) is 4.16. The summed E-state index contributed by atoms with van der Waals surface area (Å²) in [5, 5.41) is 16.3. The zero-order valence-electron chi connectivity index (χ0n) is 18.6. The molecule has 0 unspecified atom stereocenters. The predicted molar refractivity (Wildman–Crippen MR) is 122 cm³/mol. The van der Waals surface area contributed by atoms with Crippen molar-refractivity contribution in [1.29, 1.82) is 5.26 Å². The summed E-state index contributed by atoms with van der Waals surface area (Å²) in [5.41, 5.74) is 1.62. The minimum Gasteiger partial charge on any atom is -0.486 e. The van der Waals surface area contributed by atoms with Crippen LogP contribution in [0.5, 0.6) is 11.5 Å². The Morgan fingerprint density at radius 1 is 1.21 bits per heavy atom. The molecule has 2 aromatic heterocycles. The van der Waals surface area contributed by atoms with E-state index in [-0.39, 0.29) is 17.9 Å². The normalized spacial score (nSPS) is 16.8. The lowest BCUT2D eigenvalue weighted by Crippen LogP contribution is -2.29. The number of carbonyl (C=O) groups is 1. The summed E-state index contributed by atoms with van der Waals surface area (Å²) in [4.78, 5) is 24.5. The molecule has 1 atom stereocenters. The van der Waals surface area contributed by atoms with E-state index in [9.17, 15) is 10.1 Å². The summed E-state index contributed by atoms with van der Waals surface area (Å²) in [7, 11) is 0. The van der Waals surface area contributed by atoms with Crippen molar-refractivity contribution in [2.75, 3.05) is 25.1 Å². The Hall–Kier alpha value is -3.80. The van der Waals surface area contributed by atoms with Crippen LogP contribution >= 0.6 is 0 Å². The maximum Gasteiger partial charge on any atom is 0.267 e. The lowest BCUT2D eigenvalue weighted by molar-refractivity contribution is 0.0944. The zero-order chi connectivity index (χ0) is 23.0. The van der Waals surface area contributed by atoms with E-state index < -0.39 is 5.41 Å². The third-order valence-corrected chi connectivity index (χ3v) is 6.23. The maximum absolute atomic E-state index is 12.7. The number of aromatic nitrogens is 3. The number of carbonyl (C=O) groups excluding carboxylic acids is 1. The number of amides is 1. The van der Waals surface area contributed by atoms with Crippen molar-refractivity contribution in [1.82, 2.24) is 20.3 Å². The summed E-state index contributed by atoms with van der Waals surface area (Å²) in [6.45, 7) is 5.70. The maximum atomic E-state index is 12.7. The molecule has 3 heterocycles. The number of anilines is 1. The van der Waals surface area contributed by atoms with Gasteiger partial charge >= 0.3 is 0 Å². The van der Waals surface area contributed by atoms with Crippen molar-refractivity contribution < 1.29 is 14.3 Å². The van der Waals surface area contributed by atoms with Gasteiger partial charge in [0.1, 0.15) is 36.7 Å². The van der Waals surface area contributed by atoms with E-state index in [4.69, 9.17) is 9.47 Å². The van der Waals surface area contributed by atoms with Gasteiger partial charge in [-0.1, -0.05) is 19.9 Å². The molecule has 9 nitrogen and oxygen atoms in total. The second-order valence-corrected chi connectivity index (χ2v) is 9.01. The van der Waals surface area contributed by atoms with E-state index in [1.54, 1.807) is 6.07 Å². The Kier molecular flexibility index (Phi) is 5.29. The van der Waals surface area contributed by atoms with Crippen molar-refractivity contribution in [3.63, 3.8) is 0 Å². The first kappa shape index (κ1) is 21.1. The molecule has 0 spiro atoms. The van der Waals surface area contributed by atoms with Gasteiger partial charge in [-0.25, -0.2) is 9.97 Å². The second-order valence-electron chi connectivity index (χ2n) is 9.01. The highest BCUT2D eigenvalue weighted by Gasteiger charge is 2.43. The molecular formula is C24H26N6O3. The molecule has 0 saturated heterocycles. The van der Waals surface area contributed by atoms with Gasteiger partial charge in [0.15, 0.2) is 11.5 Å². The molecule has 1 fully saturated rings. The Labute approximate surface area is 191 Å². The number of aromatic amines is 1. The first-order valence-corrected chi connectivity index (χ1v) is 11.2. The Morgan fingerprint density at radius 3 is 2.73 bits per heavy atom. The molecule has 33 heavy (non-hydrogen) atoms. The summed E-state index contributed by atoms with van der Waals surface area (Å²) in [5.74, 6) is 2.13. The predicted octanol–water partition coefficient (Wildman–Crippen LogP) is 3.57. The van der Waals surface area contributed by atoms with Gasteiger partial charge in [-0.3, -0.25) is 4.79 Å². The van der Waals surface area contributed by atoms with Crippen molar-refractivity contribution in [3.8, 4) is 17.6 Å². The smallest absolute Gasteiger partial charge is 0.267 e. The number of nitrogens with one attached hydrogen (secondary N) is 3. The number of hydrogen-bond acceptors (Lipinski definition) is 7. The lowest BCUT2D eigenvalue weighted by atomic mass is 9.95. The topological polar surface area (TPSA) is 125 Å². The van der Waals surface area contributed by atoms with E-state index in [2.05, 4.69) is 45.5 Å². The SMILES string of the molecule is CC(C)[C@@H](Nc1ncnc2[nH]c(C(=O)NCC3(C#N)CC3)cc12)c1ccc2c(c1)OCCO2. The van der Waals surface area contributed by atoms with Crippen LogP contribution in [0.25, 0.3) is 11.0 Å². The monoisotopic (exact) mass is 446 g/mol. The number of hydrogen-bond donors (Lipinski definition) is 3. The van der Waals surface area contributed by atoms with E-state index in [0.29, 0.717) is 36.9 Å². The van der Waals surface area contributed by atoms with Crippen LogP contribution in [-0.2, 0) is 0 Å². The average molecular weight is 447 g/mol. The van der Waals surface area contributed by atoms with Gasteiger partial charge in [0, 0.05) is 6.54 Å². The quantitative estimate of drug-likeness (QED) is 0.507. The number of H-pyrrole nitrogens is 1. The fourth-order valence-electron chi connectivity index (χ4n) is 4.04. The highest BCUT2D eigenvalue weighted by atomic mass is 16.6. The van der Waals surface area contributed by atoms with Crippen molar-refractivity contribution >= 4 is 22.8 Å². The zero-order valence-corrected chi connectivity index (χ0v) is 18.6. The third-order valence-electron chi connectivity index (χ3n) is 6.23. The fourth-order valence-corrected chi connectivity index (χ4v) is 4.04. The van der Waals surface area contributed by atoms with Gasteiger partial charge < -0.3 is 25.1 Å². The van der Waals surface area contributed by atoms with Gasteiger partial charge in [0.2, 0.25) is 0 Å². The number of rotatable bonds is 7. The molecule has 0 radical (unpaired) electrons. The van der Waals surface area contributed by atoms with E-state index >= 15 is 0 Å². The number of benzene rings is 1. The number of ether oxygens (including phenoxy) is 2. The number of nitriles is 1. The molecule has 3 N–H and O–H groups in total. The molecule has 0 bridgehead atoms. The van der Waals surface area contributed by atoms with Crippen LogP contribution in [0.3, 0.4) is 0 Å². The van der Waals surface area contributed by atoms with Crippen molar-refractivity contribution in [2.24, 2.45) is 11.3 Å². The van der Waals surface area contributed by atoms with E-state index in [1.165, 1.54) is 6.33 Å². The van der Waals surface area contributed by atoms with Crippen LogP contribution in [0.15, 0.2) is 30.6 Å². The van der Waals surface area contributed by atoms with Gasteiger partial charge in [-0.2, -0.15) is 5.26 Å². The van der Waals surface area contributed by atoms with E-state index in [0.717, 1.165) is 35.3 Å². The standard InChI is InChI=1S/C24H26N6O3/c1-14(2)20(15-3-4-18-19(9-15)33-8-7-32-18)30-22-16-10-17(29-21(16)27-13-28-22)23(31)26-12-24(11-25)5-6-24/h3-4,9-10,13-14,20H,5-8,12H2,1-2H3,(H,26,31)(H2,27,28,29,30)/t20-/m1/s1. The molecule has 1 aliphatic carbocycles. The minimum absolute atomic E-state index is 0.0449. The van der Waals surface area contributed by atoms with Gasteiger partial charge in [0.05, 0.1) is 22.9 Å². The fraction of sp³-hybridized carbons (Fsp3) is 0.417. The van der Waals surface area contributed by atoms with Crippen LogP contribution in [0, 0.1) is 22.7 Å². The molecule has 1 aliphatic heterocycles. The lowest BCUT2D eigenvalue weighted by Gasteiger charge is -2.26. The first-order chi connectivity index (χ1) is 16.0. The summed E-state index contributed by atoms with van der Waals surface area (Å²) in [6, 6.07) is 9.96. The van der Waals surface area contributed by atoms with E-state index in [1.807, 2.05) is 18.2 Å². The van der Waals surface area contributed by atoms with Crippen LogP contribution in [0.1, 0.15) is 48.8 Å². The first-order valence-electron chi connectivity index (χ1n) is 11.2. The van der Waals surface area contributed by atoms with Crippen LogP contribution in [0.4, 0.5) is 5.82 Å². The molecule has 170 valence electrons. The molecule has 1 aromatic carbocycles. The van der Waals surface area contributed by atoms with Crippen LogP contribution in [-0.4, -0.2) is 40.6 Å². The largest absolute Gasteiger partial charge is 0.486 e. The molecule has 5 rings (SSSR count). The average Bonchev–Trinajstić information content (AvgIpc) is 3.48. The van der Waals surface area contributed by atoms with Gasteiger partial charge in [-0.15, -0.1) is 0 Å². The highest BCUT2D eigenvalue weighted by molar-refractivity contribution is 5.99. The summed E-state index contributed by atoms with van der Waals surface area (Å²) >= 11 is 0. The molecule has 1 saturated carbocycles. The Bertz CT molecular complexity index is 1240. The second kappa shape index (κ2) is 8.28. The summed E-state index contributed by atoms with van der Waals surface area (Å²) in [6.07, 6.45) is 3.12. The highest BCUT2D eigenvalue weighted by Crippen LogP contribution is 2.44. The van der Waals surface area contributed by atoms with Gasteiger partial charge in [-0.05, 0) is 42.5 Å².